The fraction of sp³-hybridized carbons (Fsp3) is 0.0714. The molecule has 0 aliphatic carbocycles. The summed E-state index contributed by atoms with van der Waals surface area (Å²) in [5, 5.41) is 0.895. The molecule has 2 aromatic rings. The van der Waals surface area contributed by atoms with Crippen molar-refractivity contribution >= 4 is 40.9 Å². The van der Waals surface area contributed by atoms with Gasteiger partial charge in [-0.05, 0) is 18.2 Å². The lowest BCUT2D eigenvalue weighted by molar-refractivity contribution is 0.0600. The lowest BCUT2D eigenvalue weighted by Crippen LogP contribution is -2.04. The summed E-state index contributed by atoms with van der Waals surface area (Å²) in [6.45, 7) is 0. The van der Waals surface area contributed by atoms with Gasteiger partial charge < -0.3 is 9.47 Å². The van der Waals surface area contributed by atoms with Crippen LogP contribution in [0, 0.1) is 0 Å². The van der Waals surface area contributed by atoms with Gasteiger partial charge in [-0.15, -0.1) is 0 Å². The molecule has 0 amide bonds. The topological polar surface area (TPSA) is 35.5 Å². The first-order valence-corrected chi connectivity index (χ1v) is 7.23. The molecule has 102 valence electrons. The Hall–Kier alpha value is -1.36. The largest absolute Gasteiger partial charge is 0.465 e. The maximum Gasteiger partial charge on any atom is 0.339 e. The smallest absolute Gasteiger partial charge is 0.339 e. The molecule has 0 spiro atoms. The third-order valence-electron chi connectivity index (χ3n) is 2.78. The first kappa shape index (κ1) is 13.6. The van der Waals surface area contributed by atoms with Crippen LogP contribution < -0.4 is 4.74 Å². The second kappa shape index (κ2) is 5.20. The number of hydrogen-bond donors (Lipinski definition) is 0. The van der Waals surface area contributed by atoms with E-state index in [1.807, 2.05) is 6.07 Å². The van der Waals surface area contributed by atoms with Gasteiger partial charge in [-0.1, -0.05) is 35.0 Å². The van der Waals surface area contributed by atoms with Crippen molar-refractivity contribution in [2.45, 2.75) is 9.79 Å². The molecule has 0 aromatic heterocycles. The second-order valence-corrected chi connectivity index (χ2v) is 5.99. The number of benzene rings is 2. The zero-order valence-electron chi connectivity index (χ0n) is 10.3. The Kier molecular flexibility index (Phi) is 3.54. The van der Waals surface area contributed by atoms with Crippen molar-refractivity contribution in [2.24, 2.45) is 0 Å². The summed E-state index contributed by atoms with van der Waals surface area (Å²) in [5.41, 5.74) is 0.321. The average Bonchev–Trinajstić information content (AvgIpc) is 2.43. The number of hydrogen-bond acceptors (Lipinski definition) is 4. The molecular weight excluding hydrogens is 319 g/mol. The molecule has 0 saturated carbocycles. The number of rotatable bonds is 1. The monoisotopic (exact) mass is 326 g/mol. The van der Waals surface area contributed by atoms with Crippen LogP contribution in [0.25, 0.3) is 0 Å². The lowest BCUT2D eigenvalue weighted by atomic mass is 10.2. The molecule has 0 N–H and O–H groups in total. The lowest BCUT2D eigenvalue weighted by Gasteiger charge is -2.20. The van der Waals surface area contributed by atoms with E-state index in [4.69, 9.17) is 32.7 Å². The van der Waals surface area contributed by atoms with Gasteiger partial charge in [0.25, 0.3) is 0 Å². The number of fused-ring (bicyclic) bond motifs is 2. The van der Waals surface area contributed by atoms with E-state index in [2.05, 4.69) is 0 Å². The summed E-state index contributed by atoms with van der Waals surface area (Å²) in [7, 11) is 1.32. The Bertz CT molecular complexity index is 716. The Balaban J connectivity index is 2.06. The number of carbonyl (C=O) groups excluding carboxylic acids is 1. The number of halogens is 2. The van der Waals surface area contributed by atoms with Crippen LogP contribution in [-0.4, -0.2) is 13.1 Å². The van der Waals surface area contributed by atoms with Crippen molar-refractivity contribution in [3.63, 3.8) is 0 Å². The van der Waals surface area contributed by atoms with E-state index < -0.39 is 5.97 Å². The number of esters is 1. The molecule has 1 aliphatic rings. The van der Waals surface area contributed by atoms with Crippen molar-refractivity contribution in [1.82, 2.24) is 0 Å². The van der Waals surface area contributed by atoms with Gasteiger partial charge in [0.15, 0.2) is 0 Å². The average molecular weight is 327 g/mol. The summed E-state index contributed by atoms with van der Waals surface area (Å²) in [4.78, 5) is 13.4. The molecule has 3 rings (SSSR count). The Labute approximate surface area is 129 Å². The van der Waals surface area contributed by atoms with Crippen molar-refractivity contribution < 1.29 is 14.3 Å². The predicted octanol–water partition coefficient (Wildman–Crippen LogP) is 5.04. The summed E-state index contributed by atoms with van der Waals surface area (Å²) >= 11 is 13.5. The summed E-state index contributed by atoms with van der Waals surface area (Å²) in [6, 6.07) is 8.69. The van der Waals surface area contributed by atoms with E-state index in [1.165, 1.54) is 18.9 Å². The standard InChI is InChI=1S/C14H8Cl2O3S/c1-18-14(17)8-5-13-11(6-9(8)16)19-10-4-7(15)2-3-12(10)20-13/h2-6H,1H3. The molecule has 0 fully saturated rings. The summed E-state index contributed by atoms with van der Waals surface area (Å²) in [5.74, 6) is 0.805. The van der Waals surface area contributed by atoms with Crippen LogP contribution in [0.4, 0.5) is 0 Å². The molecule has 1 aliphatic heterocycles. The van der Waals surface area contributed by atoms with E-state index in [-0.39, 0.29) is 0 Å². The highest BCUT2D eigenvalue weighted by atomic mass is 35.5. The van der Waals surface area contributed by atoms with Crippen LogP contribution in [0.15, 0.2) is 40.1 Å². The van der Waals surface area contributed by atoms with Gasteiger partial charge in [0.05, 0.1) is 27.5 Å². The van der Waals surface area contributed by atoms with Gasteiger partial charge in [0.1, 0.15) is 11.5 Å². The fourth-order valence-electron chi connectivity index (χ4n) is 1.84. The SMILES string of the molecule is COC(=O)c1cc2c(cc1Cl)Oc1cc(Cl)ccc1S2. The van der Waals surface area contributed by atoms with E-state index in [1.54, 1.807) is 24.3 Å². The molecule has 2 aromatic carbocycles. The minimum atomic E-state index is -0.472. The molecule has 0 unspecified atom stereocenters. The molecule has 3 nitrogen and oxygen atoms in total. The Morgan fingerprint density at radius 2 is 1.90 bits per heavy atom. The first-order valence-electron chi connectivity index (χ1n) is 5.65. The Morgan fingerprint density at radius 1 is 1.15 bits per heavy atom. The van der Waals surface area contributed by atoms with Gasteiger partial charge >= 0.3 is 5.97 Å². The van der Waals surface area contributed by atoms with E-state index >= 15 is 0 Å². The summed E-state index contributed by atoms with van der Waals surface area (Å²) < 4.78 is 10.5. The van der Waals surface area contributed by atoms with Crippen LogP contribution in [-0.2, 0) is 4.74 Å². The van der Waals surface area contributed by atoms with Gasteiger partial charge in [0.2, 0.25) is 0 Å². The van der Waals surface area contributed by atoms with Gasteiger partial charge in [-0.25, -0.2) is 4.79 Å². The Morgan fingerprint density at radius 3 is 2.65 bits per heavy atom. The molecule has 6 heteroatoms. The molecule has 1 heterocycles. The normalized spacial score (nSPS) is 12.2. The molecule has 0 radical (unpaired) electrons. The molecule has 20 heavy (non-hydrogen) atoms. The highest BCUT2D eigenvalue weighted by Gasteiger charge is 2.22. The zero-order chi connectivity index (χ0) is 14.3. The highest BCUT2D eigenvalue weighted by molar-refractivity contribution is 7.99. The van der Waals surface area contributed by atoms with Crippen LogP contribution in [0.5, 0.6) is 11.5 Å². The van der Waals surface area contributed by atoms with Crippen LogP contribution in [0.3, 0.4) is 0 Å². The molecular formula is C14H8Cl2O3S. The van der Waals surface area contributed by atoms with E-state index in [9.17, 15) is 4.79 Å². The summed E-state index contributed by atoms with van der Waals surface area (Å²) in [6.07, 6.45) is 0. The van der Waals surface area contributed by atoms with Gasteiger partial charge in [0, 0.05) is 17.2 Å². The van der Waals surface area contributed by atoms with Crippen molar-refractivity contribution in [3.05, 3.63) is 45.9 Å². The second-order valence-electron chi connectivity index (χ2n) is 4.07. The molecule has 0 atom stereocenters. The van der Waals surface area contributed by atoms with Crippen LogP contribution >= 0.6 is 35.0 Å². The number of methoxy groups -OCH3 is 1. The van der Waals surface area contributed by atoms with Crippen molar-refractivity contribution in [3.8, 4) is 11.5 Å². The van der Waals surface area contributed by atoms with E-state index in [0.29, 0.717) is 27.1 Å². The minimum Gasteiger partial charge on any atom is -0.465 e. The number of carbonyl (C=O) groups is 1. The van der Waals surface area contributed by atoms with Crippen molar-refractivity contribution in [1.29, 1.82) is 0 Å². The maximum absolute atomic E-state index is 11.6. The quantitative estimate of drug-likeness (QED) is 0.587. The van der Waals surface area contributed by atoms with Gasteiger partial charge in [-0.3, -0.25) is 0 Å². The minimum absolute atomic E-state index is 0.293. The molecule has 0 bridgehead atoms. The third-order valence-corrected chi connectivity index (χ3v) is 4.43. The van der Waals surface area contributed by atoms with E-state index in [0.717, 1.165) is 9.79 Å². The van der Waals surface area contributed by atoms with Crippen LogP contribution in [0.2, 0.25) is 10.0 Å². The number of ether oxygens (including phenoxy) is 2. The maximum atomic E-state index is 11.6. The third kappa shape index (κ3) is 2.35. The van der Waals surface area contributed by atoms with Gasteiger partial charge in [-0.2, -0.15) is 0 Å². The highest BCUT2D eigenvalue weighted by Crippen LogP contribution is 2.49. The van der Waals surface area contributed by atoms with Crippen molar-refractivity contribution in [2.75, 3.05) is 7.11 Å². The predicted molar refractivity (Wildman–Crippen MR) is 78.4 cm³/mol. The zero-order valence-corrected chi connectivity index (χ0v) is 12.6. The first-order chi connectivity index (χ1) is 9.58. The van der Waals surface area contributed by atoms with Crippen LogP contribution in [0.1, 0.15) is 10.4 Å². The fourth-order valence-corrected chi connectivity index (χ4v) is 3.19. The molecule has 0 saturated heterocycles.